The summed E-state index contributed by atoms with van der Waals surface area (Å²) >= 11 is 5.92. The number of ether oxygens (including phenoxy) is 1. The summed E-state index contributed by atoms with van der Waals surface area (Å²) in [6, 6.07) is 7.13. The third-order valence-electron chi connectivity index (χ3n) is 3.89. The van der Waals surface area contributed by atoms with E-state index < -0.39 is 11.7 Å². The first-order chi connectivity index (χ1) is 10.0. The Morgan fingerprint density at radius 3 is 2.48 bits per heavy atom. The van der Waals surface area contributed by atoms with E-state index in [-0.39, 0.29) is 12.0 Å². The summed E-state index contributed by atoms with van der Waals surface area (Å²) in [6.07, 6.45) is 1.67. The van der Waals surface area contributed by atoms with Gasteiger partial charge in [0.2, 0.25) is 0 Å². The van der Waals surface area contributed by atoms with E-state index in [1.54, 1.807) is 19.2 Å². The zero-order valence-corrected chi connectivity index (χ0v) is 12.8. The van der Waals surface area contributed by atoms with Crippen molar-refractivity contribution >= 4 is 17.5 Å². The lowest BCUT2D eigenvalue weighted by atomic mass is 9.86. The molecule has 0 aliphatic carbocycles. The van der Waals surface area contributed by atoms with Crippen molar-refractivity contribution in [1.29, 1.82) is 0 Å². The molecule has 1 amide bonds. The molecule has 1 fully saturated rings. The highest BCUT2D eigenvalue weighted by Gasteiger charge is 2.32. The van der Waals surface area contributed by atoms with Crippen LogP contribution < -0.4 is 0 Å². The Hall–Kier alpha value is -1.39. The Morgan fingerprint density at radius 1 is 1.38 bits per heavy atom. The van der Waals surface area contributed by atoms with Gasteiger partial charge in [0, 0.05) is 25.3 Å². The molecule has 0 N–H and O–H groups in total. The fourth-order valence-electron chi connectivity index (χ4n) is 2.82. The standard InChI is InChI=1S/C16H19ClFNO2/c1-11(18)16(20)19(2)15(13-7-9-21-10-8-13)12-3-5-14(17)6-4-12/h3-6,13,15H,1,7-10H2,2H3. The molecule has 0 spiro atoms. The third kappa shape index (κ3) is 3.83. The van der Waals surface area contributed by atoms with Gasteiger partial charge in [0.15, 0.2) is 5.83 Å². The van der Waals surface area contributed by atoms with Crippen LogP contribution in [0.2, 0.25) is 5.02 Å². The molecule has 5 heteroatoms. The number of amides is 1. The summed E-state index contributed by atoms with van der Waals surface area (Å²) in [6.45, 7) is 4.43. The molecule has 1 atom stereocenters. The molecule has 0 aromatic heterocycles. The van der Waals surface area contributed by atoms with Crippen molar-refractivity contribution < 1.29 is 13.9 Å². The number of benzene rings is 1. The number of hydrogen-bond donors (Lipinski definition) is 0. The Balaban J connectivity index is 2.31. The maximum atomic E-state index is 13.2. The average molecular weight is 312 g/mol. The predicted molar refractivity (Wildman–Crippen MR) is 80.8 cm³/mol. The van der Waals surface area contributed by atoms with Gasteiger partial charge in [-0.1, -0.05) is 30.3 Å². The van der Waals surface area contributed by atoms with Crippen molar-refractivity contribution in [1.82, 2.24) is 4.90 Å². The van der Waals surface area contributed by atoms with Crippen LogP contribution in [-0.4, -0.2) is 31.1 Å². The van der Waals surface area contributed by atoms with Crippen LogP contribution in [0.15, 0.2) is 36.7 Å². The Labute approximate surface area is 129 Å². The van der Waals surface area contributed by atoms with Gasteiger partial charge in [-0.15, -0.1) is 0 Å². The average Bonchev–Trinajstić information content (AvgIpc) is 2.49. The van der Waals surface area contributed by atoms with E-state index >= 15 is 0 Å². The molecule has 21 heavy (non-hydrogen) atoms. The number of rotatable bonds is 4. The molecule has 0 saturated carbocycles. The van der Waals surface area contributed by atoms with Gasteiger partial charge >= 0.3 is 0 Å². The van der Waals surface area contributed by atoms with E-state index in [4.69, 9.17) is 16.3 Å². The normalized spacial score (nSPS) is 17.3. The van der Waals surface area contributed by atoms with Gasteiger partial charge in [-0.25, -0.2) is 4.39 Å². The van der Waals surface area contributed by atoms with Crippen LogP contribution >= 0.6 is 11.6 Å². The maximum Gasteiger partial charge on any atom is 0.282 e. The summed E-state index contributed by atoms with van der Waals surface area (Å²) in [4.78, 5) is 13.4. The quantitative estimate of drug-likeness (QED) is 0.793. The molecule has 1 aliphatic rings. The molecule has 2 rings (SSSR count). The molecular formula is C16H19ClFNO2. The Morgan fingerprint density at radius 2 is 1.95 bits per heavy atom. The molecule has 0 bridgehead atoms. The summed E-state index contributed by atoms with van der Waals surface area (Å²) in [5, 5.41) is 0.633. The second kappa shape index (κ2) is 7.05. The summed E-state index contributed by atoms with van der Waals surface area (Å²) in [5.74, 6) is -1.39. The van der Waals surface area contributed by atoms with Gasteiger partial charge < -0.3 is 9.64 Å². The topological polar surface area (TPSA) is 29.5 Å². The molecular weight excluding hydrogens is 293 g/mol. The first-order valence-electron chi connectivity index (χ1n) is 6.95. The highest BCUT2D eigenvalue weighted by molar-refractivity contribution is 6.30. The van der Waals surface area contributed by atoms with E-state index in [2.05, 4.69) is 6.58 Å². The summed E-state index contributed by atoms with van der Waals surface area (Å²) in [5.41, 5.74) is 0.948. The van der Waals surface area contributed by atoms with E-state index in [0.29, 0.717) is 18.2 Å². The van der Waals surface area contributed by atoms with Crippen LogP contribution in [0.25, 0.3) is 0 Å². The molecule has 1 heterocycles. The zero-order chi connectivity index (χ0) is 15.4. The highest BCUT2D eigenvalue weighted by Crippen LogP contribution is 2.35. The molecule has 0 radical (unpaired) electrons. The molecule has 1 aliphatic heterocycles. The van der Waals surface area contributed by atoms with Gasteiger partial charge in [-0.2, -0.15) is 0 Å². The monoisotopic (exact) mass is 311 g/mol. The number of halogens is 2. The van der Waals surface area contributed by atoms with Crippen molar-refractivity contribution in [3.63, 3.8) is 0 Å². The van der Waals surface area contributed by atoms with E-state index in [1.807, 2.05) is 12.1 Å². The second-order valence-electron chi connectivity index (χ2n) is 5.27. The van der Waals surface area contributed by atoms with E-state index in [9.17, 15) is 9.18 Å². The van der Waals surface area contributed by atoms with Crippen LogP contribution in [0.1, 0.15) is 24.4 Å². The fraction of sp³-hybridized carbons (Fsp3) is 0.438. The first-order valence-corrected chi connectivity index (χ1v) is 7.33. The van der Waals surface area contributed by atoms with Gasteiger partial charge in [-0.05, 0) is 36.5 Å². The predicted octanol–water partition coefficient (Wildman–Crippen LogP) is 3.75. The number of likely N-dealkylation sites (N-methyl/N-ethyl adjacent to an activating group) is 1. The first kappa shape index (κ1) is 16.0. The van der Waals surface area contributed by atoms with Crippen LogP contribution in [0.5, 0.6) is 0 Å². The molecule has 114 valence electrons. The highest BCUT2D eigenvalue weighted by atomic mass is 35.5. The van der Waals surface area contributed by atoms with Crippen molar-refractivity contribution in [2.24, 2.45) is 5.92 Å². The maximum absolute atomic E-state index is 13.2. The molecule has 1 aromatic rings. The van der Waals surface area contributed by atoms with Crippen molar-refractivity contribution in [2.75, 3.05) is 20.3 Å². The molecule has 3 nitrogen and oxygen atoms in total. The van der Waals surface area contributed by atoms with Crippen LogP contribution in [0.4, 0.5) is 4.39 Å². The van der Waals surface area contributed by atoms with Gasteiger partial charge in [-0.3, -0.25) is 4.79 Å². The minimum absolute atomic E-state index is 0.203. The van der Waals surface area contributed by atoms with Gasteiger partial charge in [0.25, 0.3) is 5.91 Å². The summed E-state index contributed by atoms with van der Waals surface area (Å²) in [7, 11) is 1.61. The molecule has 1 saturated heterocycles. The number of hydrogen-bond acceptors (Lipinski definition) is 2. The van der Waals surface area contributed by atoms with Crippen LogP contribution in [-0.2, 0) is 9.53 Å². The minimum Gasteiger partial charge on any atom is -0.381 e. The lowest BCUT2D eigenvalue weighted by molar-refractivity contribution is -0.131. The number of nitrogens with zero attached hydrogens (tertiary/aromatic N) is 1. The Kier molecular flexibility index (Phi) is 5.37. The minimum atomic E-state index is -0.941. The van der Waals surface area contributed by atoms with Crippen molar-refractivity contribution in [3.8, 4) is 0 Å². The van der Waals surface area contributed by atoms with Crippen LogP contribution in [0.3, 0.4) is 0 Å². The fourth-order valence-corrected chi connectivity index (χ4v) is 2.95. The second-order valence-corrected chi connectivity index (χ2v) is 5.70. The number of carbonyl (C=O) groups excluding carboxylic acids is 1. The zero-order valence-electron chi connectivity index (χ0n) is 12.0. The van der Waals surface area contributed by atoms with E-state index in [1.165, 1.54) is 4.90 Å². The van der Waals surface area contributed by atoms with Crippen molar-refractivity contribution in [3.05, 3.63) is 47.3 Å². The van der Waals surface area contributed by atoms with Crippen LogP contribution in [0, 0.1) is 5.92 Å². The lowest BCUT2D eigenvalue weighted by Crippen LogP contribution is -2.37. The van der Waals surface area contributed by atoms with Crippen molar-refractivity contribution in [2.45, 2.75) is 18.9 Å². The molecule has 1 unspecified atom stereocenters. The molecule has 1 aromatic carbocycles. The number of carbonyl (C=O) groups is 1. The Bertz CT molecular complexity index is 512. The lowest BCUT2D eigenvalue weighted by Gasteiger charge is -2.36. The SMILES string of the molecule is C=C(F)C(=O)N(C)C(c1ccc(Cl)cc1)C1CCOCC1. The summed E-state index contributed by atoms with van der Waals surface area (Å²) < 4.78 is 18.6. The third-order valence-corrected chi connectivity index (χ3v) is 4.15. The smallest absolute Gasteiger partial charge is 0.282 e. The van der Waals surface area contributed by atoms with Gasteiger partial charge in [0.1, 0.15) is 0 Å². The van der Waals surface area contributed by atoms with Gasteiger partial charge in [0.05, 0.1) is 6.04 Å². The van der Waals surface area contributed by atoms with E-state index in [0.717, 1.165) is 18.4 Å². The largest absolute Gasteiger partial charge is 0.381 e.